The van der Waals surface area contributed by atoms with E-state index in [2.05, 4.69) is 24.5 Å². The van der Waals surface area contributed by atoms with Crippen LogP contribution in [0.5, 0.6) is 0 Å². The number of fused-ring (bicyclic) bond motifs is 2. The van der Waals surface area contributed by atoms with E-state index in [9.17, 15) is 0 Å². The van der Waals surface area contributed by atoms with Crippen molar-refractivity contribution < 1.29 is 19.2 Å². The molecule has 1 spiro atoms. The number of hydrogen-bond donors (Lipinski definition) is 3. The summed E-state index contributed by atoms with van der Waals surface area (Å²) in [5.74, 6) is 1.25. The first kappa shape index (κ1) is 26.6. The molecule has 4 heterocycles. The van der Waals surface area contributed by atoms with E-state index in [1.165, 1.54) is 25.7 Å². The number of unbranched alkanes of at least 4 members (excludes halogenated alkanes) is 1. The quantitative estimate of drug-likeness (QED) is 0.312. The van der Waals surface area contributed by atoms with Crippen LogP contribution < -0.4 is 16.4 Å². The van der Waals surface area contributed by atoms with Crippen LogP contribution in [0.4, 0.5) is 0 Å². The Morgan fingerprint density at radius 2 is 1.62 bits per heavy atom. The van der Waals surface area contributed by atoms with E-state index in [0.29, 0.717) is 23.7 Å². The molecule has 5 aliphatic rings. The number of hydrogen-bond acceptors (Lipinski definition) is 7. The van der Waals surface area contributed by atoms with Gasteiger partial charge in [0.25, 0.3) is 0 Å². The predicted molar refractivity (Wildman–Crippen MR) is 127 cm³/mol. The second kappa shape index (κ2) is 11.6. The highest BCUT2D eigenvalue weighted by Crippen LogP contribution is 2.60. The van der Waals surface area contributed by atoms with Gasteiger partial charge in [0.05, 0.1) is 6.10 Å². The Labute approximate surface area is 200 Å². The van der Waals surface area contributed by atoms with Crippen LogP contribution in [-0.4, -0.2) is 56.5 Å². The molecule has 5 fully saturated rings. The Kier molecular flexibility index (Phi) is 9.67. The molecule has 0 aromatic carbocycles. The normalized spacial score (nSPS) is 42.8. The minimum atomic E-state index is -0.681. The molecule has 0 unspecified atom stereocenters. The molecule has 8 atom stereocenters. The smallest absolute Gasteiger partial charge is 0.201 e. The molecule has 4 aliphatic heterocycles. The van der Waals surface area contributed by atoms with Gasteiger partial charge < -0.3 is 25.8 Å². The molecule has 32 heavy (non-hydrogen) atoms. The van der Waals surface area contributed by atoms with E-state index in [1.807, 2.05) is 6.92 Å². The van der Waals surface area contributed by atoms with Gasteiger partial charge in [-0.05, 0) is 102 Å². The molecule has 7 nitrogen and oxygen atoms in total. The number of nitrogens with two attached hydrogens (primary N) is 1. The Morgan fingerprint density at radius 1 is 0.906 bits per heavy atom. The molecule has 4 saturated heterocycles. The summed E-state index contributed by atoms with van der Waals surface area (Å²) in [6, 6.07) is 0. The summed E-state index contributed by atoms with van der Waals surface area (Å²) in [6.45, 7) is 11.6. The van der Waals surface area contributed by atoms with Crippen LogP contribution in [-0.2, 0) is 19.2 Å². The largest absolute Gasteiger partial charge is 0.346 e. The van der Waals surface area contributed by atoms with Crippen LogP contribution in [0, 0.1) is 23.7 Å². The van der Waals surface area contributed by atoms with Crippen molar-refractivity contribution in [3.63, 3.8) is 0 Å². The monoisotopic (exact) mass is 475 g/mol. The SMILES string of the molecule is C[C@H]1[C@@H](CCNCCCCNCCCN)O[C@@H]2O[C@@]3(C)CC[C@H]4[C@H](C)CC[C@@H]1[C@@]24OO3.Cl. The lowest BCUT2D eigenvalue weighted by molar-refractivity contribution is -0.571. The molecule has 5 rings (SSSR count). The van der Waals surface area contributed by atoms with Crippen molar-refractivity contribution in [3.05, 3.63) is 0 Å². The van der Waals surface area contributed by atoms with E-state index < -0.39 is 11.4 Å². The van der Waals surface area contributed by atoms with Gasteiger partial charge in [0.15, 0.2) is 11.9 Å². The molecule has 1 aliphatic carbocycles. The third-order valence-corrected chi connectivity index (χ3v) is 8.42. The van der Waals surface area contributed by atoms with Crippen molar-refractivity contribution in [2.75, 3.05) is 32.7 Å². The molecule has 188 valence electrons. The summed E-state index contributed by atoms with van der Waals surface area (Å²) in [5, 5.41) is 7.06. The van der Waals surface area contributed by atoms with Crippen LogP contribution in [0.3, 0.4) is 0 Å². The van der Waals surface area contributed by atoms with Gasteiger partial charge in [0.1, 0.15) is 0 Å². The first-order chi connectivity index (χ1) is 15.0. The van der Waals surface area contributed by atoms with E-state index in [1.54, 1.807) is 0 Å². The molecule has 0 aromatic heterocycles. The highest BCUT2D eigenvalue weighted by atomic mass is 35.5. The van der Waals surface area contributed by atoms with Gasteiger partial charge in [-0.1, -0.05) is 13.8 Å². The number of nitrogens with one attached hydrogen (secondary N) is 2. The van der Waals surface area contributed by atoms with Crippen molar-refractivity contribution in [2.45, 2.75) is 95.9 Å². The maximum absolute atomic E-state index is 6.65. The van der Waals surface area contributed by atoms with Crippen LogP contribution in [0.2, 0.25) is 0 Å². The first-order valence-corrected chi connectivity index (χ1v) is 12.8. The lowest BCUT2D eigenvalue weighted by Crippen LogP contribution is -2.70. The van der Waals surface area contributed by atoms with Gasteiger partial charge in [-0.15, -0.1) is 12.4 Å². The summed E-state index contributed by atoms with van der Waals surface area (Å²) in [4.78, 5) is 12.1. The standard InChI is InChI=1S/C24H45N3O4.ClH/c1-17-7-8-20-18(2)21(10-16-27-14-5-4-13-26-15-6-12-25)28-22-24(20)19(17)9-11-23(3,29-22)30-31-24;/h17-22,26-27H,4-16,25H2,1-3H3;1H/t17-,18-,19+,20+,21-,22-,23-,24-;/m1./s1. The van der Waals surface area contributed by atoms with Gasteiger partial charge in [0.2, 0.25) is 5.79 Å². The van der Waals surface area contributed by atoms with Gasteiger partial charge in [-0.2, -0.15) is 0 Å². The Balaban J connectivity index is 0.00000289. The fourth-order valence-corrected chi connectivity index (χ4v) is 6.53. The summed E-state index contributed by atoms with van der Waals surface area (Å²) >= 11 is 0. The fourth-order valence-electron chi connectivity index (χ4n) is 6.53. The molecular weight excluding hydrogens is 430 g/mol. The number of halogens is 1. The number of ether oxygens (including phenoxy) is 2. The fraction of sp³-hybridized carbons (Fsp3) is 1.00. The third-order valence-electron chi connectivity index (χ3n) is 8.42. The van der Waals surface area contributed by atoms with Gasteiger partial charge in [-0.3, -0.25) is 0 Å². The van der Waals surface area contributed by atoms with E-state index in [-0.39, 0.29) is 24.8 Å². The molecular formula is C24H46ClN3O4. The van der Waals surface area contributed by atoms with Crippen LogP contribution in [0.15, 0.2) is 0 Å². The average molecular weight is 476 g/mol. The number of rotatable bonds is 11. The van der Waals surface area contributed by atoms with E-state index in [4.69, 9.17) is 25.0 Å². The minimum absolute atomic E-state index is 0. The molecule has 0 radical (unpaired) electrons. The van der Waals surface area contributed by atoms with Crippen molar-refractivity contribution >= 4 is 12.4 Å². The molecule has 8 heteroatoms. The lowest BCUT2D eigenvalue weighted by atomic mass is 9.57. The topological polar surface area (TPSA) is 87.0 Å². The van der Waals surface area contributed by atoms with Crippen LogP contribution in [0.1, 0.15) is 72.1 Å². The predicted octanol–water partition coefficient (Wildman–Crippen LogP) is 3.36. The maximum atomic E-state index is 6.65. The third kappa shape index (κ3) is 5.30. The van der Waals surface area contributed by atoms with Gasteiger partial charge >= 0.3 is 0 Å². The van der Waals surface area contributed by atoms with Crippen molar-refractivity contribution in [2.24, 2.45) is 29.4 Å². The molecule has 0 aromatic rings. The van der Waals surface area contributed by atoms with Crippen LogP contribution in [0.25, 0.3) is 0 Å². The lowest BCUT2D eigenvalue weighted by Gasteiger charge is -2.60. The Hall–Kier alpha value is 0.01000. The summed E-state index contributed by atoms with van der Waals surface area (Å²) < 4.78 is 13.1. The summed E-state index contributed by atoms with van der Waals surface area (Å²) in [7, 11) is 0. The zero-order valence-corrected chi connectivity index (χ0v) is 21.1. The first-order valence-electron chi connectivity index (χ1n) is 12.8. The zero-order valence-electron chi connectivity index (χ0n) is 20.3. The molecule has 2 bridgehead atoms. The van der Waals surface area contributed by atoms with Gasteiger partial charge in [0, 0.05) is 12.3 Å². The minimum Gasteiger partial charge on any atom is -0.346 e. The Morgan fingerprint density at radius 3 is 2.38 bits per heavy atom. The second-order valence-electron chi connectivity index (χ2n) is 10.6. The molecule has 1 saturated carbocycles. The molecule has 4 N–H and O–H groups in total. The van der Waals surface area contributed by atoms with Crippen molar-refractivity contribution in [1.29, 1.82) is 0 Å². The van der Waals surface area contributed by atoms with Crippen LogP contribution >= 0.6 is 12.4 Å². The van der Waals surface area contributed by atoms with Crippen molar-refractivity contribution in [3.8, 4) is 0 Å². The highest BCUT2D eigenvalue weighted by Gasteiger charge is 2.69. The maximum Gasteiger partial charge on any atom is 0.201 e. The highest BCUT2D eigenvalue weighted by molar-refractivity contribution is 5.85. The summed E-state index contributed by atoms with van der Waals surface area (Å²) in [5.41, 5.74) is 5.08. The molecule has 0 amide bonds. The van der Waals surface area contributed by atoms with E-state index >= 15 is 0 Å². The Bertz CT molecular complexity index is 587. The van der Waals surface area contributed by atoms with Crippen molar-refractivity contribution in [1.82, 2.24) is 10.6 Å². The van der Waals surface area contributed by atoms with Gasteiger partial charge in [-0.25, -0.2) is 9.78 Å². The summed E-state index contributed by atoms with van der Waals surface area (Å²) in [6.07, 6.45) is 8.74. The second-order valence-corrected chi connectivity index (χ2v) is 10.6. The zero-order chi connectivity index (χ0) is 21.9. The average Bonchev–Trinajstić information content (AvgIpc) is 2.99. The van der Waals surface area contributed by atoms with E-state index in [0.717, 1.165) is 58.4 Å².